The summed E-state index contributed by atoms with van der Waals surface area (Å²) >= 11 is 0. The van der Waals surface area contributed by atoms with Crippen molar-refractivity contribution in [1.29, 1.82) is 0 Å². The number of nitrogens with zero attached hydrogens (tertiary/aromatic N) is 1. The molecule has 3 rings (SSSR count). The predicted molar refractivity (Wildman–Crippen MR) is 88.4 cm³/mol. The number of aromatic nitrogens is 1. The second-order valence-corrected chi connectivity index (χ2v) is 5.43. The molecule has 1 N–H and O–H groups in total. The molecule has 1 atom stereocenters. The van der Waals surface area contributed by atoms with Crippen molar-refractivity contribution in [2.45, 2.75) is 19.4 Å². The summed E-state index contributed by atoms with van der Waals surface area (Å²) in [7, 11) is 2.02. The van der Waals surface area contributed by atoms with Crippen LogP contribution in [0.25, 0.3) is 10.9 Å². The van der Waals surface area contributed by atoms with E-state index in [9.17, 15) is 0 Å². The van der Waals surface area contributed by atoms with Crippen molar-refractivity contribution in [2.75, 3.05) is 7.05 Å². The minimum Gasteiger partial charge on any atom is -0.313 e. The van der Waals surface area contributed by atoms with Gasteiger partial charge in [-0.1, -0.05) is 36.4 Å². The van der Waals surface area contributed by atoms with Crippen molar-refractivity contribution in [1.82, 2.24) is 10.3 Å². The molecule has 3 aromatic rings. The summed E-state index contributed by atoms with van der Waals surface area (Å²) in [6.07, 6.45) is 2.83. The van der Waals surface area contributed by atoms with Gasteiger partial charge < -0.3 is 5.32 Å². The Balaban J connectivity index is 1.93. The second kappa shape index (κ2) is 6.06. The Morgan fingerprint density at radius 3 is 2.71 bits per heavy atom. The van der Waals surface area contributed by atoms with Crippen LogP contribution >= 0.6 is 0 Å². The maximum atomic E-state index is 4.39. The van der Waals surface area contributed by atoms with E-state index < -0.39 is 0 Å². The third-order valence-corrected chi connectivity index (χ3v) is 4.06. The van der Waals surface area contributed by atoms with E-state index in [1.807, 2.05) is 19.3 Å². The van der Waals surface area contributed by atoms with Gasteiger partial charge in [-0.3, -0.25) is 4.98 Å². The van der Waals surface area contributed by atoms with Crippen LogP contribution in [-0.4, -0.2) is 12.0 Å². The minimum absolute atomic E-state index is 0.315. The number of benzene rings is 2. The van der Waals surface area contributed by atoms with Crippen LogP contribution < -0.4 is 5.32 Å². The van der Waals surface area contributed by atoms with E-state index in [1.54, 1.807) is 0 Å². The first kappa shape index (κ1) is 13.8. The molecule has 1 heterocycles. The first-order valence-corrected chi connectivity index (χ1v) is 7.34. The van der Waals surface area contributed by atoms with Crippen molar-refractivity contribution in [3.63, 3.8) is 0 Å². The SMILES string of the molecule is CNC(Cc1ccccc1C)c1ccc2ncccc2c1. The lowest BCUT2D eigenvalue weighted by atomic mass is 9.95. The van der Waals surface area contributed by atoms with Crippen LogP contribution in [-0.2, 0) is 6.42 Å². The maximum Gasteiger partial charge on any atom is 0.0702 e. The van der Waals surface area contributed by atoms with E-state index >= 15 is 0 Å². The second-order valence-electron chi connectivity index (χ2n) is 5.43. The van der Waals surface area contributed by atoms with Crippen LogP contribution in [0.2, 0.25) is 0 Å². The Labute approximate surface area is 125 Å². The van der Waals surface area contributed by atoms with Crippen LogP contribution in [0.15, 0.2) is 60.8 Å². The van der Waals surface area contributed by atoms with E-state index in [0.717, 1.165) is 11.9 Å². The van der Waals surface area contributed by atoms with Gasteiger partial charge in [0.2, 0.25) is 0 Å². The summed E-state index contributed by atoms with van der Waals surface area (Å²) < 4.78 is 0. The molecule has 0 fully saturated rings. The normalized spacial score (nSPS) is 12.5. The van der Waals surface area contributed by atoms with E-state index in [-0.39, 0.29) is 0 Å². The molecule has 1 unspecified atom stereocenters. The molecule has 0 aliphatic rings. The molecule has 0 saturated carbocycles. The van der Waals surface area contributed by atoms with Gasteiger partial charge in [-0.15, -0.1) is 0 Å². The van der Waals surface area contributed by atoms with Crippen LogP contribution in [0.1, 0.15) is 22.7 Å². The maximum absolute atomic E-state index is 4.39. The van der Waals surface area contributed by atoms with Gasteiger partial charge in [0.25, 0.3) is 0 Å². The van der Waals surface area contributed by atoms with E-state index in [2.05, 4.69) is 65.8 Å². The third-order valence-electron chi connectivity index (χ3n) is 4.06. The fourth-order valence-electron chi connectivity index (χ4n) is 2.76. The molecule has 2 aromatic carbocycles. The summed E-state index contributed by atoms with van der Waals surface area (Å²) in [6, 6.07) is 19.5. The van der Waals surface area contributed by atoms with E-state index in [0.29, 0.717) is 6.04 Å². The van der Waals surface area contributed by atoms with Gasteiger partial charge in [-0.2, -0.15) is 0 Å². The smallest absolute Gasteiger partial charge is 0.0702 e. The Morgan fingerprint density at radius 1 is 1.05 bits per heavy atom. The summed E-state index contributed by atoms with van der Waals surface area (Å²) in [4.78, 5) is 4.39. The molecule has 106 valence electrons. The number of hydrogen-bond acceptors (Lipinski definition) is 2. The van der Waals surface area contributed by atoms with Gasteiger partial charge >= 0.3 is 0 Å². The van der Waals surface area contributed by atoms with Crippen molar-refractivity contribution in [3.05, 3.63) is 77.5 Å². The summed E-state index contributed by atoms with van der Waals surface area (Å²) in [5.41, 5.74) is 5.09. The number of fused-ring (bicyclic) bond motifs is 1. The zero-order valence-corrected chi connectivity index (χ0v) is 12.5. The highest BCUT2D eigenvalue weighted by Crippen LogP contribution is 2.23. The zero-order chi connectivity index (χ0) is 14.7. The lowest BCUT2D eigenvalue weighted by molar-refractivity contribution is 0.591. The van der Waals surface area contributed by atoms with Crippen LogP contribution in [0.5, 0.6) is 0 Å². The number of nitrogens with one attached hydrogen (secondary N) is 1. The first-order chi connectivity index (χ1) is 10.3. The third kappa shape index (κ3) is 2.96. The first-order valence-electron chi connectivity index (χ1n) is 7.34. The van der Waals surface area contributed by atoms with Crippen LogP contribution in [0.3, 0.4) is 0 Å². The molecule has 0 saturated heterocycles. The van der Waals surface area contributed by atoms with Gasteiger partial charge in [0.05, 0.1) is 5.52 Å². The van der Waals surface area contributed by atoms with Crippen molar-refractivity contribution in [2.24, 2.45) is 0 Å². The average Bonchev–Trinajstić information content (AvgIpc) is 2.54. The average molecular weight is 276 g/mol. The summed E-state index contributed by atoms with van der Waals surface area (Å²) in [6.45, 7) is 2.17. The number of rotatable bonds is 4. The topological polar surface area (TPSA) is 24.9 Å². The summed E-state index contributed by atoms with van der Waals surface area (Å²) in [5.74, 6) is 0. The number of aryl methyl sites for hydroxylation is 1. The molecule has 0 aliphatic heterocycles. The number of likely N-dealkylation sites (N-methyl/N-ethyl adjacent to an activating group) is 1. The molecular formula is C19H20N2. The highest BCUT2D eigenvalue weighted by atomic mass is 14.9. The van der Waals surface area contributed by atoms with Gasteiger partial charge in [0, 0.05) is 17.6 Å². The standard InChI is InChI=1S/C19H20N2/c1-14-6-3-4-7-15(14)13-19(20-2)17-9-10-18-16(12-17)8-5-11-21-18/h3-12,19-20H,13H2,1-2H3. The number of hydrogen-bond donors (Lipinski definition) is 1. The highest BCUT2D eigenvalue weighted by Gasteiger charge is 2.12. The quantitative estimate of drug-likeness (QED) is 0.777. The van der Waals surface area contributed by atoms with Crippen LogP contribution in [0.4, 0.5) is 0 Å². The van der Waals surface area contributed by atoms with Gasteiger partial charge in [-0.05, 0) is 55.3 Å². The monoisotopic (exact) mass is 276 g/mol. The van der Waals surface area contributed by atoms with E-state index in [1.165, 1.54) is 22.1 Å². The van der Waals surface area contributed by atoms with Crippen molar-refractivity contribution < 1.29 is 0 Å². The highest BCUT2D eigenvalue weighted by molar-refractivity contribution is 5.79. The minimum atomic E-state index is 0.315. The molecule has 0 aliphatic carbocycles. The largest absolute Gasteiger partial charge is 0.313 e. The fourth-order valence-corrected chi connectivity index (χ4v) is 2.76. The Bertz CT molecular complexity index is 749. The fraction of sp³-hybridized carbons (Fsp3) is 0.211. The molecule has 0 spiro atoms. The molecule has 0 bridgehead atoms. The molecule has 2 heteroatoms. The molecule has 1 aromatic heterocycles. The van der Waals surface area contributed by atoms with E-state index in [4.69, 9.17) is 0 Å². The Morgan fingerprint density at radius 2 is 1.90 bits per heavy atom. The molecule has 0 amide bonds. The van der Waals surface area contributed by atoms with Crippen molar-refractivity contribution in [3.8, 4) is 0 Å². The predicted octanol–water partition coefficient (Wildman–Crippen LogP) is 4.05. The lowest BCUT2D eigenvalue weighted by Gasteiger charge is -2.18. The molecule has 0 radical (unpaired) electrons. The molecular weight excluding hydrogens is 256 g/mol. The summed E-state index contributed by atoms with van der Waals surface area (Å²) in [5, 5.41) is 4.63. The van der Waals surface area contributed by atoms with Gasteiger partial charge in [0.1, 0.15) is 0 Å². The van der Waals surface area contributed by atoms with Gasteiger partial charge in [0.15, 0.2) is 0 Å². The van der Waals surface area contributed by atoms with Crippen molar-refractivity contribution >= 4 is 10.9 Å². The Hall–Kier alpha value is -2.19. The van der Waals surface area contributed by atoms with Crippen LogP contribution in [0, 0.1) is 6.92 Å². The lowest BCUT2D eigenvalue weighted by Crippen LogP contribution is -2.19. The number of pyridine rings is 1. The molecule has 21 heavy (non-hydrogen) atoms. The Kier molecular flexibility index (Phi) is 3.98. The zero-order valence-electron chi connectivity index (χ0n) is 12.5. The molecule has 2 nitrogen and oxygen atoms in total. The van der Waals surface area contributed by atoms with Gasteiger partial charge in [-0.25, -0.2) is 0 Å².